The van der Waals surface area contributed by atoms with Gasteiger partial charge >= 0.3 is 0 Å². The Morgan fingerprint density at radius 1 is 0.310 bits per heavy atom. The molecule has 29 heavy (non-hydrogen) atoms. The first kappa shape index (κ1) is 22.1. The molecule has 0 saturated heterocycles. The first-order valence-electron chi connectivity index (χ1n) is 13.1. The van der Waals surface area contributed by atoms with Crippen molar-refractivity contribution in [2.24, 2.45) is 11.8 Å². The molecule has 0 unspecified atom stereocenters. The van der Waals surface area contributed by atoms with Crippen molar-refractivity contribution in [1.82, 2.24) is 0 Å². The fourth-order valence-corrected chi connectivity index (χ4v) is 6.16. The van der Waals surface area contributed by atoms with Crippen LogP contribution in [-0.4, -0.2) is 36.6 Å². The van der Waals surface area contributed by atoms with Crippen LogP contribution in [0.3, 0.4) is 0 Å². The van der Waals surface area contributed by atoms with Gasteiger partial charge in [0.25, 0.3) is 0 Å². The summed E-state index contributed by atoms with van der Waals surface area (Å²) in [5.74, 6) is 1.82. The van der Waals surface area contributed by atoms with E-state index in [4.69, 9.17) is 14.2 Å². The summed E-state index contributed by atoms with van der Waals surface area (Å²) in [6, 6.07) is 0. The molecule has 0 N–H and O–H groups in total. The van der Waals surface area contributed by atoms with Crippen LogP contribution in [0.25, 0.3) is 0 Å². The monoisotopic (exact) mass is 406 g/mol. The number of ether oxygens (including phenoxy) is 3. The van der Waals surface area contributed by atoms with Crippen LogP contribution < -0.4 is 0 Å². The van der Waals surface area contributed by atoms with Crippen LogP contribution in [0.15, 0.2) is 0 Å². The van der Waals surface area contributed by atoms with E-state index >= 15 is 0 Å². The Morgan fingerprint density at radius 2 is 0.483 bits per heavy atom. The van der Waals surface area contributed by atoms with Gasteiger partial charge in [-0.05, 0) is 115 Å². The Hall–Kier alpha value is -0.120. The molecule has 0 aromatic carbocycles. The maximum absolute atomic E-state index is 6.53. The summed E-state index contributed by atoms with van der Waals surface area (Å²) in [5, 5.41) is 0. The average Bonchev–Trinajstić information content (AvgIpc) is 2.74. The quantitative estimate of drug-likeness (QED) is 0.484. The third-order valence-electron chi connectivity index (χ3n) is 8.32. The molecule has 0 bridgehead atoms. The predicted molar refractivity (Wildman–Crippen MR) is 118 cm³/mol. The van der Waals surface area contributed by atoms with Gasteiger partial charge in [-0.3, -0.25) is 0 Å². The van der Waals surface area contributed by atoms with Crippen LogP contribution in [0.4, 0.5) is 0 Å². The first-order valence-corrected chi connectivity index (χ1v) is 13.1. The zero-order valence-electron chi connectivity index (χ0n) is 19.2. The van der Waals surface area contributed by atoms with Gasteiger partial charge in [0.05, 0.1) is 36.6 Å². The highest BCUT2D eigenvalue weighted by Gasteiger charge is 2.31. The minimum Gasteiger partial charge on any atom is -0.375 e. The van der Waals surface area contributed by atoms with Crippen molar-refractivity contribution in [1.29, 1.82) is 0 Å². The summed E-state index contributed by atoms with van der Waals surface area (Å²) in [5.41, 5.74) is 0. The van der Waals surface area contributed by atoms with Crippen LogP contribution in [-0.2, 0) is 14.2 Å². The summed E-state index contributed by atoms with van der Waals surface area (Å²) >= 11 is 0. The van der Waals surface area contributed by atoms with E-state index in [9.17, 15) is 0 Å². The molecule has 3 nitrogen and oxygen atoms in total. The van der Waals surface area contributed by atoms with Gasteiger partial charge in [-0.2, -0.15) is 0 Å². The molecule has 0 amide bonds. The molecule has 4 saturated carbocycles. The zero-order valence-corrected chi connectivity index (χ0v) is 19.2. The lowest BCUT2D eigenvalue weighted by atomic mass is 9.88. The molecule has 4 fully saturated rings. The van der Waals surface area contributed by atoms with Gasteiger partial charge in [0, 0.05) is 0 Å². The van der Waals surface area contributed by atoms with Crippen molar-refractivity contribution in [2.45, 2.75) is 153 Å². The van der Waals surface area contributed by atoms with E-state index in [1.165, 1.54) is 103 Å². The zero-order chi connectivity index (χ0) is 20.1. The lowest BCUT2D eigenvalue weighted by Gasteiger charge is -2.37. The standard InChI is InChI=1S/C26H46O3/c1-19-3-7-21(8-4-19)27-23-11-15-25(16-12-23)29-26-17-13-24(14-18-26)28-22-9-5-20(2)6-10-22/h19-26H,3-18H2,1-2H3. The van der Waals surface area contributed by atoms with E-state index in [2.05, 4.69) is 13.8 Å². The van der Waals surface area contributed by atoms with Crippen molar-refractivity contribution >= 4 is 0 Å². The molecule has 0 aliphatic heterocycles. The third kappa shape index (κ3) is 6.94. The molecule has 4 aliphatic rings. The molecule has 0 heterocycles. The predicted octanol–water partition coefficient (Wildman–Crippen LogP) is 6.82. The highest BCUT2D eigenvalue weighted by Crippen LogP contribution is 2.34. The lowest BCUT2D eigenvalue weighted by molar-refractivity contribution is -0.111. The van der Waals surface area contributed by atoms with E-state index < -0.39 is 0 Å². The summed E-state index contributed by atoms with van der Waals surface area (Å²) in [4.78, 5) is 0. The van der Waals surface area contributed by atoms with Gasteiger partial charge in [0.2, 0.25) is 0 Å². The van der Waals surface area contributed by atoms with Gasteiger partial charge in [-0.1, -0.05) is 13.8 Å². The maximum atomic E-state index is 6.53. The van der Waals surface area contributed by atoms with Crippen LogP contribution in [0.5, 0.6) is 0 Å². The number of hydrogen-bond acceptors (Lipinski definition) is 3. The van der Waals surface area contributed by atoms with Gasteiger partial charge in [-0.15, -0.1) is 0 Å². The Balaban J connectivity index is 1.08. The van der Waals surface area contributed by atoms with E-state index in [1.54, 1.807) is 0 Å². The molecule has 0 atom stereocenters. The highest BCUT2D eigenvalue weighted by molar-refractivity contribution is 4.81. The second kappa shape index (κ2) is 11.0. The van der Waals surface area contributed by atoms with E-state index in [1.807, 2.05) is 0 Å². The van der Waals surface area contributed by atoms with Crippen molar-refractivity contribution in [3.8, 4) is 0 Å². The van der Waals surface area contributed by atoms with Crippen LogP contribution in [0.1, 0.15) is 117 Å². The normalized spacial score (nSPS) is 44.5. The SMILES string of the molecule is CC1CCC(OC2CCC(OC3CCC(OC4CCC(C)CC4)CC3)CC2)CC1. The Bertz CT molecular complexity index is 407. The van der Waals surface area contributed by atoms with E-state index in [-0.39, 0.29) is 0 Å². The van der Waals surface area contributed by atoms with Crippen molar-refractivity contribution in [2.75, 3.05) is 0 Å². The number of hydrogen-bond donors (Lipinski definition) is 0. The van der Waals surface area contributed by atoms with Crippen LogP contribution in [0, 0.1) is 11.8 Å². The smallest absolute Gasteiger partial charge is 0.0580 e. The molecular formula is C26H46O3. The maximum Gasteiger partial charge on any atom is 0.0580 e. The molecule has 0 spiro atoms. The Morgan fingerprint density at radius 3 is 0.690 bits per heavy atom. The summed E-state index contributed by atoms with van der Waals surface area (Å²) in [6.07, 6.45) is 23.2. The summed E-state index contributed by atoms with van der Waals surface area (Å²) in [6.45, 7) is 4.77. The topological polar surface area (TPSA) is 27.7 Å². The summed E-state index contributed by atoms with van der Waals surface area (Å²) in [7, 11) is 0. The lowest BCUT2D eigenvalue weighted by Crippen LogP contribution is -2.35. The molecule has 4 rings (SSSR count). The first-order chi connectivity index (χ1) is 14.1. The minimum absolute atomic E-state index is 0.475. The fourth-order valence-electron chi connectivity index (χ4n) is 6.16. The molecule has 0 radical (unpaired) electrons. The van der Waals surface area contributed by atoms with Gasteiger partial charge < -0.3 is 14.2 Å². The van der Waals surface area contributed by atoms with E-state index in [0.29, 0.717) is 36.6 Å². The van der Waals surface area contributed by atoms with Gasteiger partial charge in [0.1, 0.15) is 0 Å². The molecule has 3 heteroatoms. The summed E-state index contributed by atoms with van der Waals surface area (Å²) < 4.78 is 19.4. The Kier molecular flexibility index (Phi) is 8.34. The Labute approximate surface area is 179 Å². The van der Waals surface area contributed by atoms with Gasteiger partial charge in [0.15, 0.2) is 0 Å². The van der Waals surface area contributed by atoms with Gasteiger partial charge in [-0.25, -0.2) is 0 Å². The second-order valence-electron chi connectivity index (χ2n) is 11.0. The van der Waals surface area contributed by atoms with E-state index in [0.717, 1.165) is 11.8 Å². The largest absolute Gasteiger partial charge is 0.375 e. The number of rotatable bonds is 6. The van der Waals surface area contributed by atoms with Crippen LogP contribution >= 0.6 is 0 Å². The van der Waals surface area contributed by atoms with Crippen molar-refractivity contribution in [3.05, 3.63) is 0 Å². The highest BCUT2D eigenvalue weighted by atomic mass is 16.5. The second-order valence-corrected chi connectivity index (χ2v) is 11.0. The molecular weight excluding hydrogens is 360 g/mol. The van der Waals surface area contributed by atoms with Crippen molar-refractivity contribution < 1.29 is 14.2 Å². The molecule has 0 aromatic rings. The minimum atomic E-state index is 0.475. The molecule has 4 aliphatic carbocycles. The molecule has 168 valence electrons. The van der Waals surface area contributed by atoms with Crippen LogP contribution in [0.2, 0.25) is 0 Å². The fraction of sp³-hybridized carbons (Fsp3) is 1.00. The average molecular weight is 407 g/mol. The molecule has 0 aromatic heterocycles. The van der Waals surface area contributed by atoms with Crippen molar-refractivity contribution in [3.63, 3.8) is 0 Å². The third-order valence-corrected chi connectivity index (χ3v) is 8.32.